The number of nitrogens with one attached hydrogen (secondary N) is 1. The highest BCUT2D eigenvalue weighted by Gasteiger charge is 2.32. The van der Waals surface area contributed by atoms with E-state index >= 15 is 0 Å². The predicted molar refractivity (Wildman–Crippen MR) is 89.0 cm³/mol. The summed E-state index contributed by atoms with van der Waals surface area (Å²) in [5.41, 5.74) is 4.58. The molecule has 0 aromatic carbocycles. The Morgan fingerprint density at radius 2 is 2.00 bits per heavy atom. The lowest BCUT2D eigenvalue weighted by atomic mass is 9.68. The molecule has 0 aliphatic heterocycles. The molecule has 21 heavy (non-hydrogen) atoms. The van der Waals surface area contributed by atoms with E-state index in [1.165, 1.54) is 25.7 Å². The lowest BCUT2D eigenvalue weighted by Crippen LogP contribution is -2.44. The van der Waals surface area contributed by atoms with Crippen molar-refractivity contribution in [1.29, 1.82) is 0 Å². The molecule has 1 aliphatic rings. The number of hydrazine groups is 1. The number of nitrogens with two attached hydrogens (primary N) is 1. The molecule has 0 bridgehead atoms. The van der Waals surface area contributed by atoms with Gasteiger partial charge in [-0.25, -0.2) is 0 Å². The molecular formula is C17H28ClN3. The van der Waals surface area contributed by atoms with Gasteiger partial charge in [-0.1, -0.05) is 32.4 Å². The number of halogens is 1. The Labute approximate surface area is 133 Å². The normalized spacial score (nSPS) is 24.8. The second-order valence-electron chi connectivity index (χ2n) is 7.42. The van der Waals surface area contributed by atoms with Crippen LogP contribution in [0.1, 0.15) is 52.0 Å². The third-order valence-corrected chi connectivity index (χ3v) is 5.42. The zero-order chi connectivity index (χ0) is 15.5. The molecule has 1 fully saturated rings. The first-order valence-corrected chi connectivity index (χ1v) is 8.34. The number of aromatic nitrogens is 1. The quantitative estimate of drug-likeness (QED) is 0.654. The Morgan fingerprint density at radius 3 is 2.52 bits per heavy atom. The van der Waals surface area contributed by atoms with Crippen LogP contribution in [0, 0.1) is 17.3 Å². The zero-order valence-corrected chi connectivity index (χ0v) is 14.2. The van der Waals surface area contributed by atoms with Crippen molar-refractivity contribution in [1.82, 2.24) is 10.4 Å². The average molecular weight is 310 g/mol. The van der Waals surface area contributed by atoms with Gasteiger partial charge in [-0.3, -0.25) is 16.3 Å². The standard InChI is InChI=1S/C17H28ClN3/c1-17(2,3)14-6-4-12(5-7-14)16(21-19)10-13-8-9-20-11-15(13)18/h8-9,11-12,14,16,21H,4-7,10,19H2,1-3H3. The van der Waals surface area contributed by atoms with E-state index in [2.05, 4.69) is 31.2 Å². The van der Waals surface area contributed by atoms with Crippen LogP contribution in [0.5, 0.6) is 0 Å². The Hall–Kier alpha value is -0.640. The molecule has 1 saturated carbocycles. The van der Waals surface area contributed by atoms with Crippen LogP contribution < -0.4 is 11.3 Å². The van der Waals surface area contributed by atoms with Gasteiger partial charge in [0.05, 0.1) is 5.02 Å². The van der Waals surface area contributed by atoms with Gasteiger partial charge >= 0.3 is 0 Å². The first-order valence-electron chi connectivity index (χ1n) is 7.96. The fourth-order valence-corrected chi connectivity index (χ4v) is 3.75. The second-order valence-corrected chi connectivity index (χ2v) is 7.83. The Bertz CT molecular complexity index is 448. The van der Waals surface area contributed by atoms with Gasteiger partial charge < -0.3 is 0 Å². The molecule has 1 heterocycles. The molecule has 0 spiro atoms. The van der Waals surface area contributed by atoms with Crippen LogP contribution in [-0.4, -0.2) is 11.0 Å². The SMILES string of the molecule is CC(C)(C)C1CCC(C(Cc2ccncc2Cl)NN)CC1. The summed E-state index contributed by atoms with van der Waals surface area (Å²) in [6.07, 6.45) is 9.49. The minimum absolute atomic E-state index is 0.297. The van der Waals surface area contributed by atoms with Gasteiger partial charge in [-0.2, -0.15) is 0 Å². The van der Waals surface area contributed by atoms with Crippen molar-refractivity contribution < 1.29 is 0 Å². The fraction of sp³-hybridized carbons (Fsp3) is 0.706. The maximum atomic E-state index is 6.22. The van der Waals surface area contributed by atoms with Gasteiger partial charge in [-0.15, -0.1) is 0 Å². The third-order valence-electron chi connectivity index (χ3n) is 5.08. The summed E-state index contributed by atoms with van der Waals surface area (Å²) >= 11 is 6.22. The Balaban J connectivity index is 1.96. The van der Waals surface area contributed by atoms with E-state index in [0.717, 1.165) is 22.9 Å². The highest BCUT2D eigenvalue weighted by molar-refractivity contribution is 6.31. The lowest BCUT2D eigenvalue weighted by molar-refractivity contribution is 0.132. The highest BCUT2D eigenvalue weighted by atomic mass is 35.5. The predicted octanol–water partition coefficient (Wildman–Crippen LogP) is 3.96. The van der Waals surface area contributed by atoms with Crippen LogP contribution in [0.2, 0.25) is 5.02 Å². The van der Waals surface area contributed by atoms with Crippen molar-refractivity contribution in [2.45, 2.75) is 58.9 Å². The van der Waals surface area contributed by atoms with Gasteiger partial charge in [0.2, 0.25) is 0 Å². The molecule has 0 saturated heterocycles. The summed E-state index contributed by atoms with van der Waals surface area (Å²) in [4.78, 5) is 4.04. The number of rotatable bonds is 4. The van der Waals surface area contributed by atoms with Crippen molar-refractivity contribution in [3.05, 3.63) is 29.0 Å². The number of pyridine rings is 1. The Morgan fingerprint density at radius 1 is 1.33 bits per heavy atom. The van der Waals surface area contributed by atoms with Crippen LogP contribution >= 0.6 is 11.6 Å². The summed E-state index contributed by atoms with van der Waals surface area (Å²) in [6, 6.07) is 2.29. The molecule has 1 aromatic rings. The van der Waals surface area contributed by atoms with E-state index in [9.17, 15) is 0 Å². The van der Waals surface area contributed by atoms with Crippen LogP contribution in [0.15, 0.2) is 18.5 Å². The van der Waals surface area contributed by atoms with Crippen molar-refractivity contribution in [3.63, 3.8) is 0 Å². The molecule has 4 heteroatoms. The maximum Gasteiger partial charge on any atom is 0.0621 e. The largest absolute Gasteiger partial charge is 0.271 e. The first kappa shape index (κ1) is 16.7. The topological polar surface area (TPSA) is 50.9 Å². The van der Waals surface area contributed by atoms with E-state index in [0.29, 0.717) is 17.4 Å². The van der Waals surface area contributed by atoms with Crippen molar-refractivity contribution in [2.24, 2.45) is 23.1 Å². The van der Waals surface area contributed by atoms with Gasteiger partial charge in [-0.05, 0) is 61.0 Å². The molecule has 1 atom stereocenters. The molecule has 0 radical (unpaired) electrons. The molecular weight excluding hydrogens is 282 g/mol. The van der Waals surface area contributed by atoms with Crippen LogP contribution in [0.25, 0.3) is 0 Å². The van der Waals surface area contributed by atoms with E-state index in [4.69, 9.17) is 17.4 Å². The maximum absolute atomic E-state index is 6.22. The van der Waals surface area contributed by atoms with Crippen LogP contribution in [0.4, 0.5) is 0 Å². The van der Waals surface area contributed by atoms with E-state index < -0.39 is 0 Å². The molecule has 1 aromatic heterocycles. The zero-order valence-electron chi connectivity index (χ0n) is 13.4. The lowest BCUT2D eigenvalue weighted by Gasteiger charge is -2.39. The summed E-state index contributed by atoms with van der Waals surface area (Å²) < 4.78 is 0. The van der Waals surface area contributed by atoms with Gasteiger partial charge in [0.15, 0.2) is 0 Å². The summed E-state index contributed by atoms with van der Waals surface area (Å²) in [6.45, 7) is 7.06. The van der Waals surface area contributed by atoms with Gasteiger partial charge in [0.25, 0.3) is 0 Å². The molecule has 1 aliphatic carbocycles. The molecule has 118 valence electrons. The molecule has 2 rings (SSSR count). The first-order chi connectivity index (χ1) is 9.91. The molecule has 3 N–H and O–H groups in total. The number of hydrogen-bond acceptors (Lipinski definition) is 3. The minimum atomic E-state index is 0.297. The summed E-state index contributed by atoms with van der Waals surface area (Å²) in [5, 5.41) is 0.737. The molecule has 0 amide bonds. The van der Waals surface area contributed by atoms with Crippen LogP contribution in [0.3, 0.4) is 0 Å². The molecule has 1 unspecified atom stereocenters. The third kappa shape index (κ3) is 4.41. The van der Waals surface area contributed by atoms with Crippen LogP contribution in [-0.2, 0) is 6.42 Å². The number of nitrogens with zero attached hydrogens (tertiary/aromatic N) is 1. The highest BCUT2D eigenvalue weighted by Crippen LogP contribution is 2.41. The minimum Gasteiger partial charge on any atom is -0.271 e. The van der Waals surface area contributed by atoms with E-state index in [1.54, 1.807) is 12.4 Å². The van der Waals surface area contributed by atoms with Crippen molar-refractivity contribution in [3.8, 4) is 0 Å². The number of hydrogen-bond donors (Lipinski definition) is 2. The average Bonchev–Trinajstić information content (AvgIpc) is 2.46. The fourth-order valence-electron chi connectivity index (χ4n) is 3.56. The van der Waals surface area contributed by atoms with Gasteiger partial charge in [0, 0.05) is 18.4 Å². The van der Waals surface area contributed by atoms with Crippen molar-refractivity contribution >= 4 is 11.6 Å². The molecule has 3 nitrogen and oxygen atoms in total. The Kier molecular flexibility index (Phi) is 5.64. The van der Waals surface area contributed by atoms with Gasteiger partial charge in [0.1, 0.15) is 0 Å². The second kappa shape index (κ2) is 7.08. The monoisotopic (exact) mass is 309 g/mol. The van der Waals surface area contributed by atoms with Crippen molar-refractivity contribution in [2.75, 3.05) is 0 Å². The van der Waals surface area contributed by atoms with E-state index in [-0.39, 0.29) is 0 Å². The smallest absolute Gasteiger partial charge is 0.0621 e. The summed E-state index contributed by atoms with van der Waals surface area (Å²) in [5.74, 6) is 7.28. The van der Waals surface area contributed by atoms with E-state index in [1.807, 2.05) is 6.07 Å². The summed E-state index contributed by atoms with van der Waals surface area (Å²) in [7, 11) is 0.